The molecule has 1 rings (SSSR count). The van der Waals surface area contributed by atoms with Crippen molar-refractivity contribution in [3.8, 4) is 0 Å². The summed E-state index contributed by atoms with van der Waals surface area (Å²) in [6.45, 7) is 7.28. The smallest absolute Gasteiger partial charge is 0.207 e. The summed E-state index contributed by atoms with van der Waals surface area (Å²) in [6, 6.07) is 1.59. The van der Waals surface area contributed by atoms with Crippen LogP contribution < -0.4 is 0 Å². The highest BCUT2D eigenvalue weighted by atomic mass is 16.3. The summed E-state index contributed by atoms with van der Waals surface area (Å²) in [5.41, 5.74) is 0.586. The molecule has 1 aromatic heterocycles. The topological polar surface area (TPSA) is 63.1 Å². The number of aliphatic hydroxyl groups excluding tert-OH is 1. The Balaban J connectivity index is 2.97. The van der Waals surface area contributed by atoms with Gasteiger partial charge in [-0.3, -0.25) is 4.79 Å². The molecular formula is C12H16N2O2. The Bertz CT molecular complexity index is 431. The van der Waals surface area contributed by atoms with Crippen LogP contribution in [0.4, 0.5) is 0 Å². The quantitative estimate of drug-likeness (QED) is 0.472. The molecule has 1 aromatic rings. The van der Waals surface area contributed by atoms with Gasteiger partial charge < -0.3 is 5.11 Å². The molecule has 0 radical (unpaired) electrons. The van der Waals surface area contributed by atoms with Crippen LogP contribution in [-0.2, 0) is 0 Å². The zero-order valence-corrected chi connectivity index (χ0v) is 9.98. The van der Waals surface area contributed by atoms with Gasteiger partial charge in [0.25, 0.3) is 0 Å². The van der Waals surface area contributed by atoms with E-state index in [-0.39, 0.29) is 11.5 Å². The number of nitrogens with zero attached hydrogens (tertiary/aromatic N) is 2. The zero-order chi connectivity index (χ0) is 12.3. The van der Waals surface area contributed by atoms with Crippen molar-refractivity contribution in [2.75, 3.05) is 0 Å². The molecule has 0 atom stereocenters. The number of carbonyl (C=O) groups is 1. The van der Waals surface area contributed by atoms with Crippen LogP contribution in [-0.4, -0.2) is 20.9 Å². The van der Waals surface area contributed by atoms with E-state index in [9.17, 15) is 9.90 Å². The minimum absolute atomic E-state index is 0.0498. The Hall–Kier alpha value is -1.71. The summed E-state index contributed by atoms with van der Waals surface area (Å²) in [7, 11) is 0. The van der Waals surface area contributed by atoms with Crippen LogP contribution in [0.25, 0.3) is 0 Å². The maximum atomic E-state index is 11.7. The molecule has 0 spiro atoms. The summed E-state index contributed by atoms with van der Waals surface area (Å²) in [4.78, 5) is 19.5. The number of hydrogen-bond acceptors (Lipinski definition) is 4. The lowest BCUT2D eigenvalue weighted by atomic mass is 9.93. The number of aliphatic hydroxyl groups is 1. The van der Waals surface area contributed by atoms with E-state index in [2.05, 4.69) is 9.97 Å². The Labute approximate surface area is 95.1 Å². The number of aromatic nitrogens is 2. The molecular weight excluding hydrogens is 204 g/mol. The van der Waals surface area contributed by atoms with Crippen LogP contribution in [0.5, 0.6) is 0 Å². The van der Waals surface area contributed by atoms with Crippen LogP contribution in [0.15, 0.2) is 24.2 Å². The highest BCUT2D eigenvalue weighted by Crippen LogP contribution is 2.22. The van der Waals surface area contributed by atoms with Gasteiger partial charge in [0.05, 0.1) is 0 Å². The molecule has 4 nitrogen and oxygen atoms in total. The van der Waals surface area contributed by atoms with Gasteiger partial charge in [-0.25, -0.2) is 9.97 Å². The molecule has 0 aliphatic rings. The summed E-state index contributed by atoms with van der Waals surface area (Å²) in [6.07, 6.45) is 2.55. The maximum absolute atomic E-state index is 11.7. The van der Waals surface area contributed by atoms with Crippen molar-refractivity contribution < 1.29 is 9.90 Å². The summed E-state index contributed by atoms with van der Waals surface area (Å²) in [5, 5.41) is 9.68. The molecule has 0 aromatic carbocycles. The Morgan fingerprint density at radius 2 is 2.00 bits per heavy atom. The summed E-state index contributed by atoms with van der Waals surface area (Å²) >= 11 is 0. The standard InChI is InChI=1S/C12H16N2O2/c1-8-5-9(14-7-13-8)10(15)6-11(16)12(2,3)4/h5-7,16H,1-4H3/b11-6-. The van der Waals surface area contributed by atoms with E-state index in [0.717, 1.165) is 5.69 Å². The predicted octanol–water partition coefficient (Wildman–Crippen LogP) is 2.46. The third-order valence-corrected chi connectivity index (χ3v) is 2.09. The van der Waals surface area contributed by atoms with E-state index in [4.69, 9.17) is 0 Å². The molecule has 4 heteroatoms. The first-order chi connectivity index (χ1) is 7.30. The molecule has 86 valence electrons. The first-order valence-electron chi connectivity index (χ1n) is 5.05. The van der Waals surface area contributed by atoms with Crippen molar-refractivity contribution in [3.63, 3.8) is 0 Å². The van der Waals surface area contributed by atoms with Crippen molar-refractivity contribution >= 4 is 5.78 Å². The number of hydrogen-bond donors (Lipinski definition) is 1. The summed E-state index contributed by atoms with van der Waals surface area (Å²) < 4.78 is 0. The normalized spacial score (nSPS) is 12.6. The van der Waals surface area contributed by atoms with Crippen LogP contribution in [0.2, 0.25) is 0 Å². The largest absolute Gasteiger partial charge is 0.512 e. The lowest BCUT2D eigenvalue weighted by molar-refractivity contribution is 0.103. The highest BCUT2D eigenvalue weighted by Gasteiger charge is 2.18. The molecule has 0 fully saturated rings. The predicted molar refractivity (Wildman–Crippen MR) is 61.3 cm³/mol. The van der Waals surface area contributed by atoms with Gasteiger partial charge in [0.1, 0.15) is 17.8 Å². The van der Waals surface area contributed by atoms with Gasteiger partial charge in [-0.15, -0.1) is 0 Å². The SMILES string of the molecule is Cc1cc(C(=O)/C=C(\O)C(C)(C)C)ncn1. The van der Waals surface area contributed by atoms with Crippen molar-refractivity contribution in [3.05, 3.63) is 35.6 Å². The van der Waals surface area contributed by atoms with Gasteiger partial charge in [0.15, 0.2) is 0 Å². The van der Waals surface area contributed by atoms with Gasteiger partial charge in [-0.2, -0.15) is 0 Å². The fourth-order valence-electron chi connectivity index (χ4n) is 1.00. The van der Waals surface area contributed by atoms with Crippen LogP contribution in [0, 0.1) is 12.3 Å². The molecule has 0 amide bonds. The van der Waals surface area contributed by atoms with Gasteiger partial charge >= 0.3 is 0 Å². The molecule has 1 heterocycles. The first kappa shape index (κ1) is 12.4. The number of allylic oxidation sites excluding steroid dienone is 2. The third-order valence-electron chi connectivity index (χ3n) is 2.09. The molecule has 0 aliphatic heterocycles. The number of rotatable bonds is 2. The first-order valence-corrected chi connectivity index (χ1v) is 5.05. The zero-order valence-electron chi connectivity index (χ0n) is 9.98. The van der Waals surface area contributed by atoms with E-state index >= 15 is 0 Å². The average molecular weight is 220 g/mol. The van der Waals surface area contributed by atoms with Gasteiger partial charge in [-0.05, 0) is 13.0 Å². The van der Waals surface area contributed by atoms with E-state index in [1.54, 1.807) is 13.0 Å². The van der Waals surface area contributed by atoms with E-state index < -0.39 is 5.41 Å². The molecule has 0 aliphatic carbocycles. The van der Waals surface area contributed by atoms with Crippen LogP contribution in [0.3, 0.4) is 0 Å². The highest BCUT2D eigenvalue weighted by molar-refractivity contribution is 6.03. The van der Waals surface area contributed by atoms with Crippen LogP contribution in [0.1, 0.15) is 37.0 Å². The minimum Gasteiger partial charge on any atom is -0.512 e. The number of carbonyl (C=O) groups excluding carboxylic acids is 1. The van der Waals surface area contributed by atoms with Gasteiger partial charge in [0, 0.05) is 17.2 Å². The monoisotopic (exact) mass is 220 g/mol. The molecule has 0 unspecified atom stereocenters. The fourth-order valence-corrected chi connectivity index (χ4v) is 1.00. The van der Waals surface area contributed by atoms with Crippen molar-refractivity contribution in [2.24, 2.45) is 5.41 Å². The number of ketones is 1. The third kappa shape index (κ3) is 3.15. The molecule has 1 N–H and O–H groups in total. The lowest BCUT2D eigenvalue weighted by Gasteiger charge is -2.16. The Morgan fingerprint density at radius 3 is 2.50 bits per heavy atom. The van der Waals surface area contributed by atoms with Crippen LogP contribution >= 0.6 is 0 Å². The average Bonchev–Trinajstić information content (AvgIpc) is 2.16. The second-order valence-electron chi connectivity index (χ2n) is 4.69. The lowest BCUT2D eigenvalue weighted by Crippen LogP contribution is -2.11. The van der Waals surface area contributed by atoms with E-state index in [1.807, 2.05) is 20.8 Å². The maximum Gasteiger partial charge on any atom is 0.207 e. The van der Waals surface area contributed by atoms with E-state index in [0.29, 0.717) is 5.69 Å². The van der Waals surface area contributed by atoms with Crippen molar-refractivity contribution in [1.82, 2.24) is 9.97 Å². The van der Waals surface area contributed by atoms with Crippen molar-refractivity contribution in [2.45, 2.75) is 27.7 Å². The second-order valence-corrected chi connectivity index (χ2v) is 4.69. The Morgan fingerprint density at radius 1 is 1.38 bits per heavy atom. The van der Waals surface area contributed by atoms with Gasteiger partial charge in [0.2, 0.25) is 5.78 Å². The molecule has 0 bridgehead atoms. The minimum atomic E-state index is -0.433. The molecule has 0 saturated heterocycles. The number of aryl methyl sites for hydroxylation is 1. The molecule has 0 saturated carbocycles. The summed E-state index contributed by atoms with van der Waals surface area (Å²) in [5.74, 6) is -0.258. The van der Waals surface area contributed by atoms with Gasteiger partial charge in [-0.1, -0.05) is 20.8 Å². The molecule has 16 heavy (non-hydrogen) atoms. The van der Waals surface area contributed by atoms with E-state index in [1.165, 1.54) is 12.4 Å². The van der Waals surface area contributed by atoms with Crippen molar-refractivity contribution in [1.29, 1.82) is 0 Å². The fraction of sp³-hybridized carbons (Fsp3) is 0.417. The second kappa shape index (κ2) is 4.43. The Kier molecular flexibility index (Phi) is 3.42.